The minimum absolute atomic E-state index is 0.0224. The number of carbonyl (C=O) groups is 1. The number of benzene rings is 1. The van der Waals surface area contributed by atoms with Gasteiger partial charge >= 0.3 is 6.03 Å². The molecule has 2 amide bonds. The third kappa shape index (κ3) is 3.63. The fourth-order valence-electron chi connectivity index (χ4n) is 2.38. The quantitative estimate of drug-likeness (QED) is 0.889. The van der Waals surface area contributed by atoms with Crippen molar-refractivity contribution in [2.45, 2.75) is 38.8 Å². The molecule has 0 saturated carbocycles. The summed E-state index contributed by atoms with van der Waals surface area (Å²) in [6.07, 6.45) is 1.94. The van der Waals surface area contributed by atoms with Gasteiger partial charge < -0.3 is 20.1 Å². The Hall–Kier alpha value is -1.75. The molecule has 0 aliphatic carbocycles. The second-order valence-electron chi connectivity index (χ2n) is 5.29. The van der Waals surface area contributed by atoms with Gasteiger partial charge in [-0.15, -0.1) is 0 Å². The molecule has 2 rings (SSSR count). The van der Waals surface area contributed by atoms with Crippen molar-refractivity contribution in [2.75, 3.05) is 18.5 Å². The first kappa shape index (κ1) is 14.7. The third-order valence-electron chi connectivity index (χ3n) is 3.33. The Morgan fingerprint density at radius 3 is 2.75 bits per heavy atom. The summed E-state index contributed by atoms with van der Waals surface area (Å²) < 4.78 is 5.55. The minimum atomic E-state index is -0.154. The van der Waals surface area contributed by atoms with E-state index in [4.69, 9.17) is 4.74 Å². The highest BCUT2D eigenvalue weighted by molar-refractivity contribution is 5.89. The van der Waals surface area contributed by atoms with Crippen molar-refractivity contribution in [1.82, 2.24) is 4.90 Å². The lowest BCUT2D eigenvalue weighted by Crippen LogP contribution is -2.40. The highest BCUT2D eigenvalue weighted by atomic mass is 16.5. The summed E-state index contributed by atoms with van der Waals surface area (Å²) in [6, 6.07) is 7.10. The van der Waals surface area contributed by atoms with Crippen molar-refractivity contribution in [1.29, 1.82) is 0 Å². The van der Waals surface area contributed by atoms with Gasteiger partial charge in [0.1, 0.15) is 5.75 Å². The van der Waals surface area contributed by atoms with Gasteiger partial charge in [-0.3, -0.25) is 0 Å². The molecular formula is C15H22N2O3. The first-order valence-corrected chi connectivity index (χ1v) is 7.05. The summed E-state index contributed by atoms with van der Waals surface area (Å²) in [7, 11) is 0. The van der Waals surface area contributed by atoms with Crippen molar-refractivity contribution >= 4 is 11.7 Å². The molecule has 0 aromatic heterocycles. The average Bonchev–Trinajstić information content (AvgIpc) is 2.89. The number of hydrogen-bond acceptors (Lipinski definition) is 3. The van der Waals surface area contributed by atoms with E-state index < -0.39 is 0 Å². The topological polar surface area (TPSA) is 61.8 Å². The molecule has 1 aliphatic heterocycles. The van der Waals surface area contributed by atoms with Gasteiger partial charge in [0.05, 0.1) is 18.8 Å². The monoisotopic (exact) mass is 278 g/mol. The fraction of sp³-hybridized carbons (Fsp3) is 0.533. The molecule has 1 atom stereocenters. The number of nitrogens with zero attached hydrogens (tertiary/aromatic N) is 1. The molecule has 5 nitrogen and oxygen atoms in total. The lowest BCUT2D eigenvalue weighted by Gasteiger charge is -2.23. The van der Waals surface area contributed by atoms with Gasteiger partial charge in [0.25, 0.3) is 0 Å². The molecule has 0 spiro atoms. The lowest BCUT2D eigenvalue weighted by atomic mass is 10.2. The summed E-state index contributed by atoms with van der Waals surface area (Å²) in [4.78, 5) is 13.8. The Balaban J connectivity index is 1.94. The van der Waals surface area contributed by atoms with Crippen LogP contribution in [0.1, 0.15) is 26.7 Å². The normalized spacial score (nSPS) is 18.4. The van der Waals surface area contributed by atoms with E-state index in [2.05, 4.69) is 5.32 Å². The van der Waals surface area contributed by atoms with Crippen LogP contribution in [0.3, 0.4) is 0 Å². The number of carbonyl (C=O) groups excluding carboxylic acids is 1. The Morgan fingerprint density at radius 1 is 1.45 bits per heavy atom. The Labute approximate surface area is 119 Å². The van der Waals surface area contributed by atoms with E-state index in [0.717, 1.165) is 24.3 Å². The minimum Gasteiger partial charge on any atom is -0.491 e. The van der Waals surface area contributed by atoms with Crippen LogP contribution in [0.4, 0.5) is 10.5 Å². The van der Waals surface area contributed by atoms with Gasteiger partial charge in [-0.2, -0.15) is 0 Å². The highest BCUT2D eigenvalue weighted by Gasteiger charge is 2.27. The van der Waals surface area contributed by atoms with Gasteiger partial charge in [0, 0.05) is 12.2 Å². The molecule has 1 fully saturated rings. The molecular weight excluding hydrogens is 256 g/mol. The predicted molar refractivity (Wildman–Crippen MR) is 78.0 cm³/mol. The molecule has 0 unspecified atom stereocenters. The number of amides is 2. The van der Waals surface area contributed by atoms with Gasteiger partial charge in [0.2, 0.25) is 0 Å². The molecule has 1 aromatic carbocycles. The van der Waals surface area contributed by atoms with Crippen LogP contribution < -0.4 is 10.1 Å². The maximum Gasteiger partial charge on any atom is 0.322 e. The van der Waals surface area contributed by atoms with Crippen LogP contribution >= 0.6 is 0 Å². The van der Waals surface area contributed by atoms with E-state index in [1.165, 1.54) is 0 Å². The van der Waals surface area contributed by atoms with E-state index in [1.54, 1.807) is 4.90 Å². The first-order valence-electron chi connectivity index (χ1n) is 7.05. The zero-order valence-electron chi connectivity index (χ0n) is 12.0. The molecule has 5 heteroatoms. The maximum atomic E-state index is 12.1. The number of rotatable bonds is 4. The molecule has 20 heavy (non-hydrogen) atoms. The fourth-order valence-corrected chi connectivity index (χ4v) is 2.38. The van der Waals surface area contributed by atoms with E-state index >= 15 is 0 Å². The van der Waals surface area contributed by atoms with Gasteiger partial charge in [0.15, 0.2) is 0 Å². The summed E-state index contributed by atoms with van der Waals surface area (Å²) >= 11 is 0. The Morgan fingerprint density at radius 2 is 2.15 bits per heavy atom. The van der Waals surface area contributed by atoms with Gasteiger partial charge in [-0.05, 0) is 51.0 Å². The summed E-state index contributed by atoms with van der Waals surface area (Å²) in [5.41, 5.74) is 0.731. The smallest absolute Gasteiger partial charge is 0.322 e. The Bertz CT molecular complexity index is 445. The standard InChI is InChI=1S/C15H22N2O3/c1-11(2)20-14-7-5-12(6-8-14)16-15(19)17-9-3-4-13(17)10-18/h5-8,11,13,18H,3-4,9-10H2,1-2H3,(H,16,19)/t13-/m0/s1. The van der Waals surface area contributed by atoms with Crippen LogP contribution in [0.5, 0.6) is 5.75 Å². The van der Waals surface area contributed by atoms with Crippen LogP contribution in [0.25, 0.3) is 0 Å². The largest absolute Gasteiger partial charge is 0.491 e. The van der Waals surface area contributed by atoms with Crippen molar-refractivity contribution < 1.29 is 14.6 Å². The molecule has 110 valence electrons. The van der Waals surface area contributed by atoms with E-state index in [-0.39, 0.29) is 24.8 Å². The van der Waals surface area contributed by atoms with E-state index in [9.17, 15) is 9.90 Å². The van der Waals surface area contributed by atoms with E-state index in [1.807, 2.05) is 38.1 Å². The number of aliphatic hydroxyl groups is 1. The highest BCUT2D eigenvalue weighted by Crippen LogP contribution is 2.20. The molecule has 2 N–H and O–H groups in total. The number of anilines is 1. The number of hydrogen-bond donors (Lipinski definition) is 2. The lowest BCUT2D eigenvalue weighted by molar-refractivity contribution is 0.166. The molecule has 1 aromatic rings. The second kappa shape index (κ2) is 6.61. The zero-order valence-corrected chi connectivity index (χ0v) is 12.0. The second-order valence-corrected chi connectivity index (χ2v) is 5.29. The van der Waals surface area contributed by atoms with Crippen LogP contribution in [0.2, 0.25) is 0 Å². The zero-order chi connectivity index (χ0) is 14.5. The number of nitrogens with one attached hydrogen (secondary N) is 1. The number of urea groups is 1. The van der Waals surface area contributed by atoms with Crippen molar-refractivity contribution in [3.63, 3.8) is 0 Å². The van der Waals surface area contributed by atoms with Gasteiger partial charge in [-0.1, -0.05) is 0 Å². The van der Waals surface area contributed by atoms with Crippen LogP contribution in [0, 0.1) is 0 Å². The molecule has 0 radical (unpaired) electrons. The third-order valence-corrected chi connectivity index (χ3v) is 3.33. The molecule has 0 bridgehead atoms. The Kier molecular flexibility index (Phi) is 4.84. The number of likely N-dealkylation sites (tertiary alicyclic amines) is 1. The van der Waals surface area contributed by atoms with Crippen molar-refractivity contribution in [3.8, 4) is 5.75 Å². The van der Waals surface area contributed by atoms with Crippen LogP contribution in [-0.4, -0.2) is 41.3 Å². The van der Waals surface area contributed by atoms with Crippen molar-refractivity contribution in [2.24, 2.45) is 0 Å². The predicted octanol–water partition coefficient (Wildman–Crippen LogP) is 2.46. The van der Waals surface area contributed by atoms with Gasteiger partial charge in [-0.25, -0.2) is 4.79 Å². The first-order chi connectivity index (χ1) is 9.60. The van der Waals surface area contributed by atoms with Crippen LogP contribution in [0.15, 0.2) is 24.3 Å². The van der Waals surface area contributed by atoms with E-state index in [0.29, 0.717) is 6.54 Å². The maximum absolute atomic E-state index is 12.1. The van der Waals surface area contributed by atoms with Crippen molar-refractivity contribution in [3.05, 3.63) is 24.3 Å². The number of aliphatic hydroxyl groups excluding tert-OH is 1. The van der Waals surface area contributed by atoms with Crippen LogP contribution in [-0.2, 0) is 0 Å². The summed E-state index contributed by atoms with van der Waals surface area (Å²) in [6.45, 7) is 4.66. The summed E-state index contributed by atoms with van der Waals surface area (Å²) in [5.74, 6) is 0.785. The SMILES string of the molecule is CC(C)Oc1ccc(NC(=O)N2CCC[C@H]2CO)cc1. The average molecular weight is 278 g/mol. The molecule has 1 heterocycles. The summed E-state index contributed by atoms with van der Waals surface area (Å²) in [5, 5.41) is 12.1. The number of ether oxygens (including phenoxy) is 1. The molecule has 1 saturated heterocycles. The molecule has 1 aliphatic rings.